The highest BCUT2D eigenvalue weighted by molar-refractivity contribution is 8.34. The lowest BCUT2D eigenvalue weighted by Crippen LogP contribution is -2.53. The monoisotopic (exact) mass is 825 g/mol. The van der Waals surface area contributed by atoms with Crippen molar-refractivity contribution in [2.75, 3.05) is 25.5 Å². The third-order valence-electron chi connectivity index (χ3n) is 3.95. The second-order valence-electron chi connectivity index (χ2n) is 10.6. The molecule has 1 radical (unpaired) electrons. The molecule has 0 aliphatic heterocycles. The van der Waals surface area contributed by atoms with Gasteiger partial charge in [-0.3, -0.25) is 4.79 Å². The standard InChI is InChI=1S/C14H34O6PS2Si4.C6H9O3PS2.6CH4/c1-13(14(15)17-10-11-21(16)23-22)12-27(9,20-26(6,7)8)19-24(2)18-25(3,4)5;1-5(2)6(7)9-3-4-10(8)12-11;;;;;;/h13H,10-12H2,1-9H3;1,3-4H2,2H3;6*1H4. The molecule has 0 N–H and O–H groups in total. The maximum Gasteiger partial charge on any atom is 0.360 e. The zero-order valence-electron chi connectivity index (χ0n) is 24.5. The van der Waals surface area contributed by atoms with Gasteiger partial charge in [0.1, 0.15) is 58.4 Å². The number of hydrogen-bond acceptors (Lipinski definition) is 11. The maximum atomic E-state index is 12.3. The molecule has 0 aromatic rings. The van der Waals surface area contributed by atoms with Gasteiger partial charge in [-0.1, -0.05) is 58.1 Å². The van der Waals surface area contributed by atoms with Gasteiger partial charge in [0.15, 0.2) is 16.6 Å². The van der Waals surface area contributed by atoms with E-state index in [-0.39, 0.29) is 75.8 Å². The summed E-state index contributed by atoms with van der Waals surface area (Å²) < 4.78 is 28.9. The predicted molar refractivity (Wildman–Crippen MR) is 217 cm³/mol. The Balaban J connectivity index is -0.000000110. The zero-order chi connectivity index (χ0) is 31.0. The van der Waals surface area contributed by atoms with E-state index in [0.717, 1.165) is 19.0 Å². The molecular formula is C26H67O9P2S4Si4. The molecule has 4 unspecified atom stereocenters. The quantitative estimate of drug-likeness (QED) is 0.0668. The van der Waals surface area contributed by atoms with Gasteiger partial charge in [0, 0.05) is 34.0 Å². The van der Waals surface area contributed by atoms with E-state index < -0.39 is 54.3 Å². The summed E-state index contributed by atoms with van der Waals surface area (Å²) in [5, 5.41) is 0. The lowest BCUT2D eigenvalue weighted by Gasteiger charge is -2.37. The Morgan fingerprint density at radius 1 is 0.822 bits per heavy atom. The predicted octanol–water partition coefficient (Wildman–Crippen LogP) is 7.43. The van der Waals surface area contributed by atoms with Crippen LogP contribution >= 0.6 is 13.8 Å². The van der Waals surface area contributed by atoms with Crippen molar-refractivity contribution in [2.24, 2.45) is 5.92 Å². The molecule has 0 aromatic heterocycles. The van der Waals surface area contributed by atoms with Crippen LogP contribution in [0.4, 0.5) is 0 Å². The molecule has 0 rings (SSSR count). The van der Waals surface area contributed by atoms with Crippen molar-refractivity contribution in [1.29, 1.82) is 0 Å². The molecule has 9 nitrogen and oxygen atoms in total. The van der Waals surface area contributed by atoms with Gasteiger partial charge in [-0.15, -0.1) is 0 Å². The summed E-state index contributed by atoms with van der Waals surface area (Å²) in [6.45, 7) is 20.8. The third-order valence-corrected chi connectivity index (χ3v) is 22.5. The smallest absolute Gasteiger partial charge is 0.360 e. The average molecular weight is 826 g/mol. The Labute approximate surface area is 301 Å². The van der Waals surface area contributed by atoms with E-state index >= 15 is 0 Å². The average Bonchev–Trinajstić information content (AvgIpc) is 2.75. The number of carbonyl (C=O) groups excluding carboxylic acids is 2. The molecule has 19 heteroatoms. The molecule has 4 atom stereocenters. The van der Waals surface area contributed by atoms with E-state index in [1.165, 1.54) is 0 Å². The first-order valence-corrected chi connectivity index (χ1v) is 30.8. The minimum absolute atomic E-state index is 0. The highest BCUT2D eigenvalue weighted by atomic mass is 32.9. The van der Waals surface area contributed by atoms with E-state index in [1.54, 1.807) is 6.92 Å². The Kier molecular flexibility index (Phi) is 45.8. The molecule has 275 valence electrons. The second kappa shape index (κ2) is 32.1. The van der Waals surface area contributed by atoms with Crippen LogP contribution in [0.5, 0.6) is 0 Å². The van der Waals surface area contributed by atoms with Crippen LogP contribution in [0, 0.1) is 5.92 Å². The number of rotatable bonds is 16. The number of carbonyl (C=O) groups is 2. The molecule has 0 aliphatic carbocycles. The Morgan fingerprint density at radius 2 is 1.22 bits per heavy atom. The van der Waals surface area contributed by atoms with Gasteiger partial charge in [-0.05, 0) is 59.3 Å². The molecule has 0 aromatic carbocycles. The Hall–Kier alpha value is 0.828. The molecule has 0 aliphatic rings. The highest BCUT2D eigenvalue weighted by Crippen LogP contribution is 2.26. The topological polar surface area (TPSA) is 126 Å². The van der Waals surface area contributed by atoms with Crippen molar-refractivity contribution in [3.8, 4) is 0 Å². The van der Waals surface area contributed by atoms with Crippen molar-refractivity contribution in [1.82, 2.24) is 0 Å². The first-order chi connectivity index (χ1) is 17.6. The summed E-state index contributed by atoms with van der Waals surface area (Å²) in [5.41, 5.74) is 0.344. The summed E-state index contributed by atoms with van der Waals surface area (Å²) >= 11 is 9.15. The summed E-state index contributed by atoms with van der Waals surface area (Å²) in [4.78, 5) is 45.2. The van der Waals surface area contributed by atoms with Crippen molar-refractivity contribution >= 4 is 102 Å². The van der Waals surface area contributed by atoms with Crippen molar-refractivity contribution in [3.63, 3.8) is 0 Å². The van der Waals surface area contributed by atoms with E-state index in [4.69, 9.17) is 21.8 Å². The largest absolute Gasteiger partial charge is 0.620 e. The van der Waals surface area contributed by atoms with Crippen LogP contribution in [0.2, 0.25) is 58.4 Å². The minimum Gasteiger partial charge on any atom is -0.620 e. The SMILES string of the molecule is C.C.C.C.C.C.C=C(C)C(=O)OCC[P+]([O-])=S=S.CC(C[Si](C)(O[Si](C)O[Si](C)(C)C)O[Si](C)(C)C)C(=O)OCC[P+]([O-])=S=S. The zero-order valence-corrected chi connectivity index (χ0v) is 33.6. The van der Waals surface area contributed by atoms with Gasteiger partial charge in [0.25, 0.3) is 0 Å². The van der Waals surface area contributed by atoms with Crippen molar-refractivity contribution < 1.29 is 41.2 Å². The third kappa shape index (κ3) is 39.2. The molecule has 0 saturated carbocycles. The van der Waals surface area contributed by atoms with E-state index in [0.29, 0.717) is 17.8 Å². The summed E-state index contributed by atoms with van der Waals surface area (Å²) in [6.07, 6.45) is 0.591. The maximum absolute atomic E-state index is 12.3. The van der Waals surface area contributed by atoms with Gasteiger partial charge >= 0.3 is 29.8 Å². The minimum atomic E-state index is -2.62. The van der Waals surface area contributed by atoms with E-state index in [9.17, 15) is 19.4 Å². The molecule has 45 heavy (non-hydrogen) atoms. The first kappa shape index (κ1) is 64.4. The fourth-order valence-electron chi connectivity index (χ4n) is 2.92. The molecule has 0 spiro atoms. The Bertz CT molecular complexity index is 942. The molecule has 0 heterocycles. The number of esters is 2. The van der Waals surface area contributed by atoms with Gasteiger partial charge in [-0.2, -0.15) is 0 Å². The molecular weight excluding hydrogens is 759 g/mol. The van der Waals surface area contributed by atoms with Gasteiger partial charge < -0.3 is 31.6 Å². The lowest BCUT2D eigenvalue weighted by atomic mass is 10.2. The van der Waals surface area contributed by atoms with Crippen molar-refractivity contribution in [3.05, 3.63) is 12.2 Å². The van der Waals surface area contributed by atoms with Crippen LogP contribution < -0.4 is 9.79 Å². The van der Waals surface area contributed by atoms with Crippen LogP contribution in [0.3, 0.4) is 0 Å². The Morgan fingerprint density at radius 3 is 1.56 bits per heavy atom. The van der Waals surface area contributed by atoms with Crippen LogP contribution in [0.25, 0.3) is 0 Å². The number of hydrogen-bond donors (Lipinski definition) is 0. The molecule has 0 fully saturated rings. The van der Waals surface area contributed by atoms with Crippen LogP contribution in [0.15, 0.2) is 12.2 Å². The van der Waals surface area contributed by atoms with E-state index in [1.807, 2.05) is 20.0 Å². The lowest BCUT2D eigenvalue weighted by molar-refractivity contribution is -0.155. The van der Waals surface area contributed by atoms with Crippen LogP contribution in [-0.4, -0.2) is 72.0 Å². The molecule has 0 amide bonds. The fraction of sp³-hybridized carbons (Fsp3) is 0.846. The normalized spacial score (nSPS) is 12.7. The summed E-state index contributed by atoms with van der Waals surface area (Å²) in [7, 11) is -5.90. The summed E-state index contributed by atoms with van der Waals surface area (Å²) in [5.74, 6) is -1.12. The van der Waals surface area contributed by atoms with Gasteiger partial charge in [0.2, 0.25) is 0 Å². The first-order valence-electron chi connectivity index (χ1n) is 12.0. The summed E-state index contributed by atoms with van der Waals surface area (Å²) in [6, 6.07) is 0.509. The number of ether oxygens (including phenoxy) is 2. The van der Waals surface area contributed by atoms with Crippen LogP contribution in [-0.2, 0) is 72.8 Å². The highest BCUT2D eigenvalue weighted by Gasteiger charge is 2.42. The van der Waals surface area contributed by atoms with Gasteiger partial charge in [-0.25, -0.2) is 4.79 Å². The van der Waals surface area contributed by atoms with E-state index in [2.05, 4.69) is 68.2 Å². The second-order valence-corrected chi connectivity index (χ2v) is 33.7. The fourth-order valence-corrected chi connectivity index (χ4v) is 19.9. The van der Waals surface area contributed by atoms with Gasteiger partial charge in [0.05, 0.1) is 5.92 Å². The van der Waals surface area contributed by atoms with Crippen molar-refractivity contribution in [2.45, 2.75) is 117 Å². The van der Waals surface area contributed by atoms with Crippen LogP contribution in [0.1, 0.15) is 58.4 Å². The molecule has 0 bridgehead atoms. The molecule has 0 saturated heterocycles.